The molecule has 120 valence electrons. The molecule has 8 nitrogen and oxygen atoms in total. The second-order valence-electron chi connectivity index (χ2n) is 6.33. The van der Waals surface area contributed by atoms with Crippen LogP contribution in [0.4, 0.5) is 0 Å². The Hall–Kier alpha value is -1.48. The van der Waals surface area contributed by atoms with Crippen LogP contribution in [0.15, 0.2) is 9.68 Å². The normalized spacial score (nSPS) is 19.0. The highest BCUT2D eigenvalue weighted by Gasteiger charge is 2.22. The highest BCUT2D eigenvalue weighted by atomic mass is 32.2. The van der Waals surface area contributed by atoms with Crippen LogP contribution in [0, 0.1) is 0 Å². The fraction of sp³-hybridized carbons (Fsp3) is 0.769. The van der Waals surface area contributed by atoms with Crippen molar-refractivity contribution in [3.8, 4) is 0 Å². The van der Waals surface area contributed by atoms with Crippen molar-refractivity contribution in [2.75, 3.05) is 6.61 Å². The number of rotatable bonds is 5. The molecule has 9 heteroatoms. The van der Waals surface area contributed by atoms with Crippen molar-refractivity contribution in [2.45, 2.75) is 62.6 Å². The number of thioether (sulfide) groups is 1. The van der Waals surface area contributed by atoms with Crippen molar-refractivity contribution in [1.82, 2.24) is 30.3 Å². The summed E-state index contributed by atoms with van der Waals surface area (Å²) in [5.74, 6) is 1.87. The summed E-state index contributed by atoms with van der Waals surface area (Å²) in [7, 11) is 0. The molecule has 1 aliphatic heterocycles. The molecule has 0 amide bonds. The Morgan fingerprint density at radius 2 is 2.23 bits per heavy atom. The second-order valence-corrected chi connectivity index (χ2v) is 7.28. The summed E-state index contributed by atoms with van der Waals surface area (Å²) in [6, 6.07) is 0. The Labute approximate surface area is 133 Å². The van der Waals surface area contributed by atoms with Crippen LogP contribution in [0.25, 0.3) is 0 Å². The first kappa shape index (κ1) is 15.4. The Morgan fingerprint density at radius 3 is 2.91 bits per heavy atom. The maximum Gasteiger partial charge on any atom is 0.232 e. The number of tetrazole rings is 1. The van der Waals surface area contributed by atoms with Crippen molar-refractivity contribution < 1.29 is 9.26 Å². The van der Waals surface area contributed by atoms with Gasteiger partial charge in [0.1, 0.15) is 0 Å². The Morgan fingerprint density at radius 1 is 1.36 bits per heavy atom. The summed E-state index contributed by atoms with van der Waals surface area (Å²) in [6.45, 7) is 7.64. The third-order valence-corrected chi connectivity index (χ3v) is 4.29. The fourth-order valence-electron chi connectivity index (χ4n) is 2.14. The first-order valence-corrected chi connectivity index (χ1v) is 8.34. The number of ether oxygens (including phenoxy) is 1. The monoisotopic (exact) mass is 324 g/mol. The van der Waals surface area contributed by atoms with Crippen molar-refractivity contribution in [3.63, 3.8) is 0 Å². The lowest BCUT2D eigenvalue weighted by Crippen LogP contribution is -2.16. The molecule has 1 saturated heterocycles. The Balaban J connectivity index is 1.59. The van der Waals surface area contributed by atoms with E-state index in [1.807, 2.05) is 20.8 Å². The van der Waals surface area contributed by atoms with Gasteiger partial charge >= 0.3 is 0 Å². The highest BCUT2D eigenvalue weighted by Crippen LogP contribution is 2.23. The van der Waals surface area contributed by atoms with E-state index >= 15 is 0 Å². The molecule has 0 aliphatic carbocycles. The lowest BCUT2D eigenvalue weighted by atomic mass is 9.97. The molecule has 0 aromatic carbocycles. The SMILES string of the molecule is CC(C)(C)c1nc(CSc2nnnn2C[C@@H]2CCCO2)no1. The van der Waals surface area contributed by atoms with Crippen molar-refractivity contribution in [1.29, 1.82) is 0 Å². The van der Waals surface area contributed by atoms with E-state index in [-0.39, 0.29) is 11.5 Å². The van der Waals surface area contributed by atoms with Gasteiger partial charge in [0.05, 0.1) is 18.4 Å². The van der Waals surface area contributed by atoms with E-state index in [1.165, 1.54) is 11.8 Å². The number of aromatic nitrogens is 6. The van der Waals surface area contributed by atoms with Gasteiger partial charge in [0, 0.05) is 12.0 Å². The smallest absolute Gasteiger partial charge is 0.232 e. The largest absolute Gasteiger partial charge is 0.376 e. The zero-order chi connectivity index (χ0) is 15.6. The van der Waals surface area contributed by atoms with E-state index < -0.39 is 0 Å². The highest BCUT2D eigenvalue weighted by molar-refractivity contribution is 7.98. The molecule has 0 spiro atoms. The van der Waals surface area contributed by atoms with Gasteiger partial charge in [-0.1, -0.05) is 37.7 Å². The number of nitrogens with zero attached hydrogens (tertiary/aromatic N) is 6. The van der Waals surface area contributed by atoms with E-state index in [2.05, 4.69) is 25.7 Å². The van der Waals surface area contributed by atoms with Crippen LogP contribution in [0.3, 0.4) is 0 Å². The average Bonchev–Trinajstić information content (AvgIpc) is 3.17. The molecule has 0 radical (unpaired) electrons. The molecule has 3 heterocycles. The number of hydrogen-bond acceptors (Lipinski definition) is 8. The predicted octanol–water partition coefficient (Wildman–Crippen LogP) is 1.82. The van der Waals surface area contributed by atoms with Crippen LogP contribution in [0.2, 0.25) is 0 Å². The van der Waals surface area contributed by atoms with E-state index in [9.17, 15) is 0 Å². The molecule has 2 aromatic rings. The average molecular weight is 324 g/mol. The molecule has 1 aliphatic rings. The van der Waals surface area contributed by atoms with Crippen LogP contribution >= 0.6 is 11.8 Å². The molecule has 0 saturated carbocycles. The van der Waals surface area contributed by atoms with Crippen LogP contribution in [0.5, 0.6) is 0 Å². The maximum atomic E-state index is 5.62. The third kappa shape index (κ3) is 3.64. The third-order valence-electron chi connectivity index (χ3n) is 3.34. The van der Waals surface area contributed by atoms with Gasteiger partial charge in [0.15, 0.2) is 5.82 Å². The first-order chi connectivity index (χ1) is 10.5. The molecule has 0 bridgehead atoms. The van der Waals surface area contributed by atoms with Crippen molar-refractivity contribution in [3.05, 3.63) is 11.7 Å². The van der Waals surface area contributed by atoms with Gasteiger partial charge in [-0.05, 0) is 23.3 Å². The van der Waals surface area contributed by atoms with Gasteiger partial charge in [0.25, 0.3) is 0 Å². The van der Waals surface area contributed by atoms with E-state index in [0.29, 0.717) is 24.0 Å². The zero-order valence-electron chi connectivity index (χ0n) is 13.0. The minimum absolute atomic E-state index is 0.142. The molecule has 0 unspecified atom stereocenters. The first-order valence-electron chi connectivity index (χ1n) is 7.36. The molecule has 1 atom stereocenters. The van der Waals surface area contributed by atoms with Crippen LogP contribution in [-0.2, 0) is 22.4 Å². The van der Waals surface area contributed by atoms with Gasteiger partial charge < -0.3 is 9.26 Å². The van der Waals surface area contributed by atoms with E-state index in [1.54, 1.807) is 4.68 Å². The summed E-state index contributed by atoms with van der Waals surface area (Å²) >= 11 is 1.50. The quantitative estimate of drug-likeness (QED) is 0.769. The van der Waals surface area contributed by atoms with Crippen LogP contribution < -0.4 is 0 Å². The topological polar surface area (TPSA) is 91.8 Å². The number of hydrogen-bond donors (Lipinski definition) is 0. The summed E-state index contributed by atoms with van der Waals surface area (Å²) in [5, 5.41) is 16.6. The minimum Gasteiger partial charge on any atom is -0.376 e. The summed E-state index contributed by atoms with van der Waals surface area (Å²) in [5.41, 5.74) is -0.142. The van der Waals surface area contributed by atoms with Crippen molar-refractivity contribution >= 4 is 11.8 Å². The summed E-state index contributed by atoms with van der Waals surface area (Å²) < 4.78 is 12.7. The molecule has 2 aromatic heterocycles. The molecular weight excluding hydrogens is 304 g/mol. The predicted molar refractivity (Wildman–Crippen MR) is 79.4 cm³/mol. The lowest BCUT2D eigenvalue weighted by molar-refractivity contribution is 0.0912. The van der Waals surface area contributed by atoms with Gasteiger partial charge in [-0.15, -0.1) is 5.10 Å². The maximum absolute atomic E-state index is 5.62. The fourth-order valence-corrected chi connectivity index (χ4v) is 2.87. The second kappa shape index (κ2) is 6.33. The summed E-state index contributed by atoms with van der Waals surface area (Å²) in [4.78, 5) is 4.41. The zero-order valence-corrected chi connectivity index (χ0v) is 13.8. The lowest BCUT2D eigenvalue weighted by Gasteiger charge is -2.10. The molecular formula is C13H20N6O2S. The van der Waals surface area contributed by atoms with Gasteiger partial charge in [-0.2, -0.15) is 4.98 Å². The Kier molecular flexibility index (Phi) is 4.44. The van der Waals surface area contributed by atoms with E-state index in [4.69, 9.17) is 9.26 Å². The van der Waals surface area contributed by atoms with Gasteiger partial charge in [0.2, 0.25) is 11.0 Å². The van der Waals surface area contributed by atoms with Gasteiger partial charge in [-0.25, -0.2) is 4.68 Å². The summed E-state index contributed by atoms with van der Waals surface area (Å²) in [6.07, 6.45) is 2.37. The standard InChI is InChI=1S/C13H20N6O2S/c1-13(2,3)11-14-10(16-21-11)8-22-12-15-17-18-19(12)7-9-5-4-6-20-9/h9H,4-8H2,1-3H3/t9-/m0/s1. The van der Waals surface area contributed by atoms with E-state index in [0.717, 1.165) is 24.6 Å². The molecule has 3 rings (SSSR count). The van der Waals surface area contributed by atoms with Crippen LogP contribution in [0.1, 0.15) is 45.3 Å². The molecule has 1 fully saturated rings. The van der Waals surface area contributed by atoms with Crippen LogP contribution in [-0.4, -0.2) is 43.1 Å². The van der Waals surface area contributed by atoms with Gasteiger partial charge in [-0.3, -0.25) is 0 Å². The molecule has 22 heavy (non-hydrogen) atoms. The van der Waals surface area contributed by atoms with Crippen molar-refractivity contribution in [2.24, 2.45) is 0 Å². The minimum atomic E-state index is -0.142. The molecule has 0 N–H and O–H groups in total. The Bertz CT molecular complexity index is 614.